The maximum atomic E-state index is 12.0. The molecule has 7 heteroatoms. The number of urea groups is 1. The van der Waals surface area contributed by atoms with Gasteiger partial charge in [-0.3, -0.25) is 10.1 Å². The molecule has 19 heavy (non-hydrogen) atoms. The molecule has 0 saturated carbocycles. The summed E-state index contributed by atoms with van der Waals surface area (Å²) >= 11 is 1.38. The van der Waals surface area contributed by atoms with Gasteiger partial charge in [-0.05, 0) is 26.7 Å². The van der Waals surface area contributed by atoms with E-state index in [9.17, 15) is 9.59 Å². The van der Waals surface area contributed by atoms with Gasteiger partial charge in [-0.15, -0.1) is 11.3 Å². The number of thiazole rings is 1. The Balaban J connectivity index is 1.91. The van der Waals surface area contributed by atoms with Crippen LogP contribution < -0.4 is 5.32 Å². The summed E-state index contributed by atoms with van der Waals surface area (Å²) in [5, 5.41) is 14.3. The molecule has 1 aliphatic rings. The van der Waals surface area contributed by atoms with Crippen LogP contribution in [-0.4, -0.2) is 40.1 Å². The normalized spacial score (nSPS) is 18.1. The lowest BCUT2D eigenvalue weighted by molar-refractivity contribution is -0.150. The first-order valence-electron chi connectivity index (χ1n) is 6.12. The Hall–Kier alpha value is -1.63. The Morgan fingerprint density at radius 2 is 2.11 bits per heavy atom. The van der Waals surface area contributed by atoms with Crippen LogP contribution in [-0.2, 0) is 4.79 Å². The Bertz CT molecular complexity index is 492. The number of nitrogens with zero attached hydrogens (tertiary/aromatic N) is 2. The van der Waals surface area contributed by atoms with Gasteiger partial charge in [0.05, 0.1) is 11.1 Å². The molecule has 104 valence electrons. The monoisotopic (exact) mass is 283 g/mol. The lowest BCUT2D eigenvalue weighted by Crippen LogP contribution is -2.46. The van der Waals surface area contributed by atoms with Crippen LogP contribution in [0.1, 0.15) is 25.5 Å². The summed E-state index contributed by atoms with van der Waals surface area (Å²) in [6.45, 7) is 4.51. The topological polar surface area (TPSA) is 82.5 Å². The molecular formula is C12H17N3O3S. The molecule has 2 amide bonds. The van der Waals surface area contributed by atoms with E-state index in [1.54, 1.807) is 11.8 Å². The van der Waals surface area contributed by atoms with Crippen molar-refractivity contribution in [3.63, 3.8) is 0 Å². The molecule has 1 aromatic rings. The second-order valence-corrected chi connectivity index (χ2v) is 5.94. The lowest BCUT2D eigenvalue weighted by Gasteiger charge is -2.36. The number of aliphatic carboxylic acids is 1. The quantitative estimate of drug-likeness (QED) is 0.871. The molecule has 2 heterocycles. The molecule has 1 aliphatic heterocycles. The largest absolute Gasteiger partial charge is 0.481 e. The Labute approximate surface area is 115 Å². The van der Waals surface area contributed by atoms with E-state index >= 15 is 0 Å². The average molecular weight is 283 g/mol. The molecule has 6 nitrogen and oxygen atoms in total. The maximum absolute atomic E-state index is 12.0. The lowest BCUT2D eigenvalue weighted by atomic mass is 9.80. The number of hydrogen-bond acceptors (Lipinski definition) is 4. The number of carbonyl (C=O) groups excluding carboxylic acids is 1. The van der Waals surface area contributed by atoms with Crippen molar-refractivity contribution in [2.75, 3.05) is 18.4 Å². The average Bonchev–Trinajstić information content (AvgIpc) is 2.75. The predicted molar refractivity (Wildman–Crippen MR) is 72.4 cm³/mol. The van der Waals surface area contributed by atoms with E-state index in [-0.39, 0.29) is 6.03 Å². The van der Waals surface area contributed by atoms with Gasteiger partial charge in [-0.1, -0.05) is 0 Å². The zero-order valence-electron chi connectivity index (χ0n) is 11.0. The highest BCUT2D eigenvalue weighted by Gasteiger charge is 2.38. The number of carboxylic acid groups (broad SMARTS) is 1. The van der Waals surface area contributed by atoms with Gasteiger partial charge in [0.2, 0.25) is 0 Å². The Morgan fingerprint density at radius 1 is 1.47 bits per heavy atom. The third kappa shape index (κ3) is 3.04. The number of hydrogen-bond donors (Lipinski definition) is 2. The van der Waals surface area contributed by atoms with Gasteiger partial charge in [0.1, 0.15) is 0 Å². The minimum absolute atomic E-state index is 0.207. The molecule has 2 N–H and O–H groups in total. The summed E-state index contributed by atoms with van der Waals surface area (Å²) in [6, 6.07) is -0.207. The first-order chi connectivity index (χ1) is 8.90. The van der Waals surface area contributed by atoms with Crippen LogP contribution in [0.15, 0.2) is 5.38 Å². The summed E-state index contributed by atoms with van der Waals surface area (Å²) in [6.07, 6.45) is 0.958. The van der Waals surface area contributed by atoms with Crippen molar-refractivity contribution in [1.29, 1.82) is 0 Å². The summed E-state index contributed by atoms with van der Waals surface area (Å²) in [5.41, 5.74) is 0.159. The smallest absolute Gasteiger partial charge is 0.323 e. The van der Waals surface area contributed by atoms with E-state index in [2.05, 4.69) is 10.3 Å². The van der Waals surface area contributed by atoms with Gasteiger partial charge < -0.3 is 10.0 Å². The highest BCUT2D eigenvalue weighted by molar-refractivity contribution is 7.13. The number of nitrogens with one attached hydrogen (secondary N) is 1. The number of amides is 2. The number of rotatable bonds is 2. The summed E-state index contributed by atoms with van der Waals surface area (Å²) in [4.78, 5) is 28.9. The molecule has 0 bridgehead atoms. The maximum Gasteiger partial charge on any atom is 0.323 e. The Kier molecular flexibility index (Phi) is 3.75. The van der Waals surface area contributed by atoms with Crippen LogP contribution in [0.3, 0.4) is 0 Å². The molecule has 0 aliphatic carbocycles. The van der Waals surface area contributed by atoms with E-state index in [0.29, 0.717) is 31.1 Å². The first-order valence-corrected chi connectivity index (χ1v) is 7.00. The summed E-state index contributed by atoms with van der Waals surface area (Å²) in [7, 11) is 0. The zero-order valence-corrected chi connectivity index (χ0v) is 11.8. The van der Waals surface area contributed by atoms with Crippen LogP contribution in [0.4, 0.5) is 9.93 Å². The van der Waals surface area contributed by atoms with Crippen molar-refractivity contribution >= 4 is 28.5 Å². The number of aryl methyl sites for hydroxylation is 1. The van der Waals surface area contributed by atoms with Crippen molar-refractivity contribution in [1.82, 2.24) is 9.88 Å². The van der Waals surface area contributed by atoms with Crippen LogP contribution in [0.5, 0.6) is 0 Å². The molecule has 0 radical (unpaired) electrons. The van der Waals surface area contributed by atoms with Crippen LogP contribution >= 0.6 is 11.3 Å². The Morgan fingerprint density at radius 3 is 2.58 bits per heavy atom. The third-order valence-corrected chi connectivity index (χ3v) is 4.38. The molecular weight excluding hydrogens is 266 g/mol. The number of aromatic nitrogens is 1. The van der Waals surface area contributed by atoms with Gasteiger partial charge in [-0.25, -0.2) is 9.78 Å². The molecule has 1 fully saturated rings. The van der Waals surface area contributed by atoms with Crippen LogP contribution in [0, 0.1) is 12.3 Å². The van der Waals surface area contributed by atoms with Gasteiger partial charge >= 0.3 is 12.0 Å². The SMILES string of the molecule is Cc1csc(NC(=O)N2CCC(C)(C(=O)O)CC2)n1. The van der Waals surface area contributed by atoms with Crippen molar-refractivity contribution in [2.45, 2.75) is 26.7 Å². The molecule has 0 atom stereocenters. The van der Waals surface area contributed by atoms with Crippen molar-refractivity contribution in [3.8, 4) is 0 Å². The van der Waals surface area contributed by atoms with Gasteiger partial charge in [0, 0.05) is 18.5 Å². The molecule has 0 unspecified atom stereocenters. The van der Waals surface area contributed by atoms with Crippen molar-refractivity contribution in [3.05, 3.63) is 11.1 Å². The number of anilines is 1. The van der Waals surface area contributed by atoms with E-state index in [0.717, 1.165) is 5.69 Å². The molecule has 0 aromatic carbocycles. The second-order valence-electron chi connectivity index (χ2n) is 5.08. The van der Waals surface area contributed by atoms with Crippen LogP contribution in [0.25, 0.3) is 0 Å². The summed E-state index contributed by atoms with van der Waals surface area (Å²) < 4.78 is 0. The van der Waals surface area contributed by atoms with Gasteiger partial charge in [0.15, 0.2) is 5.13 Å². The highest BCUT2D eigenvalue weighted by Crippen LogP contribution is 2.31. The molecule has 1 saturated heterocycles. The number of piperidine rings is 1. The third-order valence-electron chi connectivity index (χ3n) is 3.50. The minimum atomic E-state index is -0.789. The van der Waals surface area contributed by atoms with E-state index in [1.165, 1.54) is 11.3 Å². The fourth-order valence-electron chi connectivity index (χ4n) is 2.00. The standard InChI is InChI=1S/C12H17N3O3S/c1-8-7-19-10(13-8)14-11(18)15-5-3-12(2,4-6-15)9(16)17/h7H,3-6H2,1-2H3,(H,16,17)(H,13,14,18). The number of carbonyl (C=O) groups is 2. The molecule has 0 spiro atoms. The number of carboxylic acids is 1. The highest BCUT2D eigenvalue weighted by atomic mass is 32.1. The first kappa shape index (κ1) is 13.8. The summed E-state index contributed by atoms with van der Waals surface area (Å²) in [5.74, 6) is -0.789. The second kappa shape index (κ2) is 5.16. The van der Waals surface area contributed by atoms with E-state index in [1.807, 2.05) is 12.3 Å². The molecule has 1 aromatic heterocycles. The van der Waals surface area contributed by atoms with E-state index in [4.69, 9.17) is 5.11 Å². The van der Waals surface area contributed by atoms with Crippen molar-refractivity contribution < 1.29 is 14.7 Å². The fraction of sp³-hybridized carbons (Fsp3) is 0.583. The fourth-order valence-corrected chi connectivity index (χ4v) is 2.68. The van der Waals surface area contributed by atoms with Gasteiger partial charge in [-0.2, -0.15) is 0 Å². The van der Waals surface area contributed by atoms with Crippen molar-refractivity contribution in [2.24, 2.45) is 5.41 Å². The zero-order chi connectivity index (χ0) is 14.0. The van der Waals surface area contributed by atoms with E-state index < -0.39 is 11.4 Å². The number of likely N-dealkylation sites (tertiary alicyclic amines) is 1. The van der Waals surface area contributed by atoms with Gasteiger partial charge in [0.25, 0.3) is 0 Å². The predicted octanol–water partition coefficient (Wildman–Crippen LogP) is 2.17. The molecule has 2 rings (SSSR count). The minimum Gasteiger partial charge on any atom is -0.481 e. The van der Waals surface area contributed by atoms with Crippen LogP contribution in [0.2, 0.25) is 0 Å².